The van der Waals surface area contributed by atoms with E-state index in [-0.39, 0.29) is 21.7 Å². The van der Waals surface area contributed by atoms with E-state index in [4.69, 9.17) is 0 Å². The molecule has 0 aromatic heterocycles. The molecule has 3 rings (SSSR count). The number of hydrogen-bond acceptors (Lipinski definition) is 4. The maximum Gasteiger partial charge on any atom is 0.261 e. The molecule has 1 unspecified atom stereocenters. The van der Waals surface area contributed by atoms with Gasteiger partial charge < -0.3 is 10.6 Å². The first-order valence-electron chi connectivity index (χ1n) is 9.46. The first-order chi connectivity index (χ1) is 15.6. The van der Waals surface area contributed by atoms with Crippen molar-refractivity contribution in [3.05, 3.63) is 95.3 Å². The van der Waals surface area contributed by atoms with E-state index < -0.39 is 45.3 Å². The van der Waals surface area contributed by atoms with Crippen LogP contribution in [0.3, 0.4) is 0 Å². The zero-order valence-electron chi connectivity index (χ0n) is 17.1. The molecule has 2 amide bonds. The van der Waals surface area contributed by atoms with E-state index >= 15 is 0 Å². The molecular weight excluding hydrogens is 459 g/mol. The van der Waals surface area contributed by atoms with Gasteiger partial charge in [0.25, 0.3) is 15.9 Å². The van der Waals surface area contributed by atoms with Gasteiger partial charge in [-0.15, -0.1) is 0 Å². The van der Waals surface area contributed by atoms with Crippen LogP contribution < -0.4 is 15.4 Å². The van der Waals surface area contributed by atoms with E-state index in [1.165, 1.54) is 37.4 Å². The molecule has 0 saturated heterocycles. The second-order valence-corrected chi connectivity index (χ2v) is 8.51. The molecule has 0 aliphatic carbocycles. The Balaban J connectivity index is 1.76. The number of nitrogens with one attached hydrogen (secondary N) is 3. The molecule has 7 nitrogen and oxygen atoms in total. The molecule has 172 valence electrons. The third-order valence-electron chi connectivity index (χ3n) is 4.58. The summed E-state index contributed by atoms with van der Waals surface area (Å²) in [4.78, 5) is 24.7. The molecule has 0 heterocycles. The maximum atomic E-state index is 13.6. The Morgan fingerprint density at radius 3 is 2.06 bits per heavy atom. The van der Waals surface area contributed by atoms with Gasteiger partial charge in [-0.05, 0) is 66.2 Å². The third-order valence-corrected chi connectivity index (χ3v) is 5.98. The first-order valence-corrected chi connectivity index (χ1v) is 10.9. The highest BCUT2D eigenvalue weighted by Crippen LogP contribution is 2.20. The minimum Gasteiger partial charge on any atom is -0.357 e. The number of sulfonamides is 1. The molecule has 0 radical (unpaired) electrons. The molecule has 0 aliphatic rings. The number of hydrogen-bond donors (Lipinski definition) is 3. The zero-order valence-corrected chi connectivity index (χ0v) is 17.9. The van der Waals surface area contributed by atoms with Crippen molar-refractivity contribution in [2.75, 3.05) is 11.8 Å². The van der Waals surface area contributed by atoms with Gasteiger partial charge in [-0.3, -0.25) is 14.3 Å². The second kappa shape index (κ2) is 9.74. The molecule has 0 saturated carbocycles. The summed E-state index contributed by atoms with van der Waals surface area (Å²) in [7, 11) is -2.65. The fourth-order valence-electron chi connectivity index (χ4n) is 2.87. The quantitative estimate of drug-likeness (QED) is 0.486. The first kappa shape index (κ1) is 23.8. The van der Waals surface area contributed by atoms with Crippen LogP contribution in [0.5, 0.6) is 0 Å². The van der Waals surface area contributed by atoms with Crippen LogP contribution in [0.1, 0.15) is 22.0 Å². The van der Waals surface area contributed by atoms with Crippen molar-refractivity contribution in [1.29, 1.82) is 0 Å². The number of halogens is 3. The number of benzene rings is 3. The summed E-state index contributed by atoms with van der Waals surface area (Å²) in [5.41, 5.74) is 0.251. The van der Waals surface area contributed by atoms with Crippen LogP contribution in [0.2, 0.25) is 0 Å². The van der Waals surface area contributed by atoms with E-state index in [1.54, 1.807) is 0 Å². The molecule has 11 heteroatoms. The van der Waals surface area contributed by atoms with Crippen molar-refractivity contribution in [3.8, 4) is 0 Å². The van der Waals surface area contributed by atoms with Gasteiger partial charge in [0.05, 0.1) is 4.90 Å². The van der Waals surface area contributed by atoms with Crippen LogP contribution in [-0.4, -0.2) is 27.3 Å². The van der Waals surface area contributed by atoms with Crippen LogP contribution >= 0.6 is 0 Å². The van der Waals surface area contributed by atoms with Gasteiger partial charge in [0, 0.05) is 18.3 Å². The highest BCUT2D eigenvalue weighted by atomic mass is 32.2. The van der Waals surface area contributed by atoms with Gasteiger partial charge in [-0.2, -0.15) is 0 Å². The minimum absolute atomic E-state index is 0.0327. The van der Waals surface area contributed by atoms with Crippen LogP contribution in [0.15, 0.2) is 71.6 Å². The summed E-state index contributed by atoms with van der Waals surface area (Å²) in [5, 5.41) is 4.77. The molecule has 3 N–H and O–H groups in total. The third kappa shape index (κ3) is 5.69. The Labute approximate surface area is 187 Å². The molecule has 1 atom stereocenters. The van der Waals surface area contributed by atoms with Gasteiger partial charge >= 0.3 is 0 Å². The average molecular weight is 477 g/mol. The summed E-state index contributed by atoms with van der Waals surface area (Å²) < 4.78 is 66.9. The lowest BCUT2D eigenvalue weighted by Gasteiger charge is -2.18. The standard InChI is InChI=1S/C22H18F3N3O4S/c1-26-22(30)20(14-4-11-18(24)19(25)12-14)27-21(29)13-2-7-16(8-3-13)28-33(31,32)17-9-5-15(23)6-10-17/h2-12,20,28H,1H3,(H,26,30)(H,27,29). The Morgan fingerprint density at radius 2 is 1.48 bits per heavy atom. The summed E-state index contributed by atoms with van der Waals surface area (Å²) in [5.74, 6) is -4.21. The number of anilines is 1. The Bertz CT molecular complexity index is 1280. The molecule has 3 aromatic carbocycles. The molecule has 3 aromatic rings. The van der Waals surface area contributed by atoms with Crippen LogP contribution in [0, 0.1) is 17.5 Å². The van der Waals surface area contributed by atoms with Crippen LogP contribution in [0.4, 0.5) is 18.9 Å². The lowest BCUT2D eigenvalue weighted by atomic mass is 10.0. The van der Waals surface area contributed by atoms with Crippen molar-refractivity contribution in [1.82, 2.24) is 10.6 Å². The van der Waals surface area contributed by atoms with Gasteiger partial charge in [0.1, 0.15) is 11.9 Å². The summed E-state index contributed by atoms with van der Waals surface area (Å²) in [6.45, 7) is 0. The number of rotatable bonds is 7. The summed E-state index contributed by atoms with van der Waals surface area (Å²) in [6.07, 6.45) is 0. The number of carbonyl (C=O) groups is 2. The molecular formula is C22H18F3N3O4S. The topological polar surface area (TPSA) is 104 Å². The number of amides is 2. The Morgan fingerprint density at radius 1 is 0.848 bits per heavy atom. The van der Waals surface area contributed by atoms with Crippen molar-refractivity contribution in [2.24, 2.45) is 0 Å². The number of carbonyl (C=O) groups excluding carboxylic acids is 2. The lowest BCUT2D eigenvalue weighted by Crippen LogP contribution is -2.39. The second-order valence-electron chi connectivity index (χ2n) is 6.83. The van der Waals surface area contributed by atoms with Crippen LogP contribution in [0.25, 0.3) is 0 Å². The van der Waals surface area contributed by atoms with Crippen molar-refractivity contribution < 1.29 is 31.2 Å². The predicted octanol–water partition coefficient (Wildman–Crippen LogP) is 3.12. The maximum absolute atomic E-state index is 13.6. The fraction of sp³-hybridized carbons (Fsp3) is 0.0909. The number of likely N-dealkylation sites (N-methyl/N-ethyl adjacent to an activating group) is 1. The van der Waals surface area contributed by atoms with Gasteiger partial charge in [-0.1, -0.05) is 6.07 Å². The zero-order chi connectivity index (χ0) is 24.2. The van der Waals surface area contributed by atoms with Crippen LogP contribution in [-0.2, 0) is 14.8 Å². The van der Waals surface area contributed by atoms with Crippen molar-refractivity contribution in [2.45, 2.75) is 10.9 Å². The minimum atomic E-state index is -3.98. The molecule has 0 spiro atoms. The highest BCUT2D eigenvalue weighted by Gasteiger charge is 2.24. The molecule has 0 bridgehead atoms. The molecule has 0 fully saturated rings. The Hall–Kier alpha value is -3.86. The molecule has 33 heavy (non-hydrogen) atoms. The summed E-state index contributed by atoms with van der Waals surface area (Å²) >= 11 is 0. The normalized spacial score (nSPS) is 12.0. The SMILES string of the molecule is CNC(=O)C(NC(=O)c1ccc(NS(=O)(=O)c2ccc(F)cc2)cc1)c1ccc(F)c(F)c1. The van der Waals surface area contributed by atoms with Crippen molar-refractivity contribution in [3.63, 3.8) is 0 Å². The smallest absolute Gasteiger partial charge is 0.261 e. The van der Waals surface area contributed by atoms with Gasteiger partial charge in [0.2, 0.25) is 5.91 Å². The van der Waals surface area contributed by atoms with E-state index in [9.17, 15) is 31.2 Å². The Kier molecular flexibility index (Phi) is 7.02. The van der Waals surface area contributed by atoms with Gasteiger partial charge in [0.15, 0.2) is 11.6 Å². The predicted molar refractivity (Wildman–Crippen MR) is 114 cm³/mol. The monoisotopic (exact) mass is 477 g/mol. The highest BCUT2D eigenvalue weighted by molar-refractivity contribution is 7.92. The van der Waals surface area contributed by atoms with E-state index in [2.05, 4.69) is 15.4 Å². The van der Waals surface area contributed by atoms with E-state index in [0.717, 1.165) is 36.4 Å². The summed E-state index contributed by atoms with van der Waals surface area (Å²) in [6, 6.07) is 11.0. The van der Waals surface area contributed by atoms with E-state index in [0.29, 0.717) is 0 Å². The van der Waals surface area contributed by atoms with Crippen molar-refractivity contribution >= 4 is 27.5 Å². The average Bonchev–Trinajstić information content (AvgIpc) is 2.79. The van der Waals surface area contributed by atoms with Gasteiger partial charge in [-0.25, -0.2) is 21.6 Å². The largest absolute Gasteiger partial charge is 0.357 e. The van der Waals surface area contributed by atoms with E-state index in [1.807, 2.05) is 0 Å². The lowest BCUT2D eigenvalue weighted by molar-refractivity contribution is -0.122. The molecule has 0 aliphatic heterocycles. The fourth-order valence-corrected chi connectivity index (χ4v) is 3.93.